The largest absolute Gasteiger partial charge is 0.391 e. The summed E-state index contributed by atoms with van der Waals surface area (Å²) in [4.78, 5) is 27.7. The van der Waals surface area contributed by atoms with Gasteiger partial charge in [0.1, 0.15) is 0 Å². The van der Waals surface area contributed by atoms with E-state index in [-0.39, 0.29) is 12.4 Å². The summed E-state index contributed by atoms with van der Waals surface area (Å²) >= 11 is 0. The van der Waals surface area contributed by atoms with Crippen molar-refractivity contribution in [2.75, 3.05) is 0 Å². The summed E-state index contributed by atoms with van der Waals surface area (Å²) in [6.45, 7) is 1.64. The topological polar surface area (TPSA) is 68.1 Å². The van der Waals surface area contributed by atoms with Crippen molar-refractivity contribution in [2.45, 2.75) is 13.3 Å². The van der Waals surface area contributed by atoms with Crippen molar-refractivity contribution < 1.29 is 14.3 Å². The van der Waals surface area contributed by atoms with Crippen LogP contribution >= 0.6 is 0 Å². The van der Waals surface area contributed by atoms with E-state index in [1.54, 1.807) is 6.92 Å². The maximum absolute atomic E-state index is 10.6. The molecule has 0 N–H and O–H groups in total. The third-order valence-corrected chi connectivity index (χ3v) is 0.985. The maximum atomic E-state index is 10.6. The molecule has 58 valence electrons. The first-order valence-electron chi connectivity index (χ1n) is 3.09. The molecule has 0 radical (unpaired) electrons. The van der Waals surface area contributed by atoms with Crippen LogP contribution in [0.4, 0.5) is 0 Å². The molecule has 0 unspecified atom stereocenters. The zero-order valence-electron chi connectivity index (χ0n) is 5.90. The zero-order valence-corrected chi connectivity index (χ0v) is 5.90. The second-order valence-corrected chi connectivity index (χ2v) is 1.82. The minimum absolute atomic E-state index is 0.165. The highest BCUT2D eigenvalue weighted by molar-refractivity contribution is 6.34. The van der Waals surface area contributed by atoms with Gasteiger partial charge in [-0.1, -0.05) is 6.92 Å². The van der Waals surface area contributed by atoms with Crippen molar-refractivity contribution in [2.24, 2.45) is 9.98 Å². The highest BCUT2D eigenvalue weighted by Crippen LogP contribution is 1.95. The lowest BCUT2D eigenvalue weighted by Crippen LogP contribution is -2.07. The molecule has 0 saturated heterocycles. The summed E-state index contributed by atoms with van der Waals surface area (Å²) in [6, 6.07) is -0.165. The lowest BCUT2D eigenvalue weighted by molar-refractivity contribution is -0.135. The lowest BCUT2D eigenvalue weighted by Gasteiger charge is -1.94. The molecule has 0 aromatic rings. The molecular formula is C6H6N2O3. The second kappa shape index (κ2) is 3.05. The van der Waals surface area contributed by atoms with Crippen LogP contribution < -0.4 is 0 Å². The van der Waals surface area contributed by atoms with Crippen LogP contribution in [-0.2, 0) is 14.3 Å². The van der Waals surface area contributed by atoms with Gasteiger partial charge in [-0.3, -0.25) is 9.59 Å². The Morgan fingerprint density at radius 3 is 2.91 bits per heavy atom. The summed E-state index contributed by atoms with van der Waals surface area (Å²) in [5.41, 5.74) is 0. The first kappa shape index (κ1) is 7.59. The Kier molecular flexibility index (Phi) is 2.10. The van der Waals surface area contributed by atoms with Gasteiger partial charge in [-0.05, 0) is 0 Å². The van der Waals surface area contributed by atoms with E-state index >= 15 is 0 Å². The fourth-order valence-electron chi connectivity index (χ4n) is 0.486. The van der Waals surface area contributed by atoms with Crippen molar-refractivity contribution in [3.8, 4) is 0 Å². The van der Waals surface area contributed by atoms with Crippen molar-refractivity contribution >= 4 is 24.1 Å². The molecular weight excluding hydrogens is 148 g/mol. The quantitative estimate of drug-likeness (QED) is 0.495. The molecule has 1 aliphatic heterocycles. The van der Waals surface area contributed by atoms with Gasteiger partial charge < -0.3 is 4.74 Å². The fraction of sp³-hybridized carbons (Fsp3) is 0.333. The van der Waals surface area contributed by atoms with Gasteiger partial charge in [0, 0.05) is 6.42 Å². The van der Waals surface area contributed by atoms with Crippen molar-refractivity contribution in [1.29, 1.82) is 0 Å². The summed E-state index contributed by atoms with van der Waals surface area (Å²) in [6.07, 6.45) is 1.24. The molecule has 5 heteroatoms. The standard InChI is InChI=1S/C6H6N2O3/c1-2-5(10)11-6-7-3-4(9)8-6/h3H,2H2,1H3. The summed E-state index contributed by atoms with van der Waals surface area (Å²) in [5.74, 6) is -0.945. The Balaban J connectivity index is 2.52. The number of rotatable bonds is 1. The fourth-order valence-corrected chi connectivity index (χ4v) is 0.486. The van der Waals surface area contributed by atoms with Crippen LogP contribution in [0.3, 0.4) is 0 Å². The molecule has 1 heterocycles. The smallest absolute Gasteiger partial charge is 0.327 e. The molecule has 0 saturated carbocycles. The van der Waals surface area contributed by atoms with E-state index in [4.69, 9.17) is 0 Å². The number of hydrogen-bond acceptors (Lipinski definition) is 4. The van der Waals surface area contributed by atoms with Crippen LogP contribution in [0.5, 0.6) is 0 Å². The normalized spacial score (nSPS) is 15.0. The van der Waals surface area contributed by atoms with Gasteiger partial charge in [-0.2, -0.15) is 9.98 Å². The van der Waals surface area contributed by atoms with E-state index in [0.717, 1.165) is 6.21 Å². The number of carbonyl (C=O) groups is 2. The lowest BCUT2D eigenvalue weighted by atomic mass is 10.5. The van der Waals surface area contributed by atoms with Crippen LogP contribution in [0.15, 0.2) is 9.98 Å². The van der Waals surface area contributed by atoms with Crippen molar-refractivity contribution in [1.82, 2.24) is 0 Å². The van der Waals surface area contributed by atoms with Crippen molar-refractivity contribution in [3.05, 3.63) is 0 Å². The highest BCUT2D eigenvalue weighted by Gasteiger charge is 2.11. The van der Waals surface area contributed by atoms with E-state index < -0.39 is 11.9 Å². The minimum atomic E-state index is -0.496. The molecule has 0 fully saturated rings. The number of carbonyl (C=O) groups excluding carboxylic acids is 2. The number of aliphatic imine (C=N–C) groups is 2. The number of amidine groups is 1. The van der Waals surface area contributed by atoms with Crippen LogP contribution in [-0.4, -0.2) is 24.1 Å². The molecule has 1 amide bonds. The molecule has 1 aliphatic rings. The zero-order chi connectivity index (χ0) is 8.27. The van der Waals surface area contributed by atoms with Crippen LogP contribution in [0.1, 0.15) is 13.3 Å². The highest BCUT2D eigenvalue weighted by atomic mass is 16.6. The SMILES string of the molecule is CCC(=O)OC1=NC(=O)C=N1. The monoisotopic (exact) mass is 154 g/mol. The number of hydrogen-bond donors (Lipinski definition) is 0. The van der Waals surface area contributed by atoms with Gasteiger partial charge >= 0.3 is 12.0 Å². The van der Waals surface area contributed by atoms with Crippen LogP contribution in [0, 0.1) is 0 Å². The number of amides is 1. The Bertz CT molecular complexity index is 255. The molecule has 5 nitrogen and oxygen atoms in total. The molecule has 0 aromatic heterocycles. The average Bonchev–Trinajstić information content (AvgIpc) is 2.35. The molecule has 0 spiro atoms. The van der Waals surface area contributed by atoms with Gasteiger partial charge in [-0.15, -0.1) is 0 Å². The van der Waals surface area contributed by atoms with Gasteiger partial charge in [0.05, 0.1) is 6.21 Å². The predicted molar refractivity (Wildman–Crippen MR) is 37.3 cm³/mol. The maximum Gasteiger partial charge on any atom is 0.327 e. The van der Waals surface area contributed by atoms with E-state index in [2.05, 4.69) is 14.7 Å². The Labute approximate surface area is 62.8 Å². The van der Waals surface area contributed by atoms with Crippen LogP contribution in [0.2, 0.25) is 0 Å². The van der Waals surface area contributed by atoms with E-state index in [9.17, 15) is 9.59 Å². The minimum Gasteiger partial charge on any atom is -0.391 e. The Hall–Kier alpha value is -1.52. The second-order valence-electron chi connectivity index (χ2n) is 1.82. The van der Waals surface area contributed by atoms with Crippen molar-refractivity contribution in [3.63, 3.8) is 0 Å². The van der Waals surface area contributed by atoms with Gasteiger partial charge in [0.15, 0.2) is 0 Å². The molecule has 11 heavy (non-hydrogen) atoms. The van der Waals surface area contributed by atoms with E-state index in [1.165, 1.54) is 0 Å². The predicted octanol–water partition coefficient (Wildman–Crippen LogP) is -0.0934. The molecule has 1 rings (SSSR count). The van der Waals surface area contributed by atoms with Gasteiger partial charge in [-0.25, -0.2) is 0 Å². The number of nitrogens with zero attached hydrogens (tertiary/aromatic N) is 2. The average molecular weight is 154 g/mol. The Morgan fingerprint density at radius 1 is 1.73 bits per heavy atom. The summed E-state index contributed by atoms with van der Waals surface area (Å²) < 4.78 is 4.52. The molecule has 0 aliphatic carbocycles. The van der Waals surface area contributed by atoms with Crippen LogP contribution in [0.25, 0.3) is 0 Å². The first-order valence-corrected chi connectivity index (χ1v) is 3.09. The summed E-state index contributed by atoms with van der Waals surface area (Å²) in [5, 5.41) is 0. The van der Waals surface area contributed by atoms with E-state index in [1.807, 2.05) is 0 Å². The third-order valence-electron chi connectivity index (χ3n) is 0.985. The van der Waals surface area contributed by atoms with E-state index in [0.29, 0.717) is 0 Å². The summed E-state index contributed by atoms with van der Waals surface area (Å²) in [7, 11) is 0. The third kappa shape index (κ3) is 1.96. The first-order chi connectivity index (χ1) is 5.22. The number of ether oxygens (including phenoxy) is 1. The molecule has 0 bridgehead atoms. The Morgan fingerprint density at radius 2 is 2.45 bits per heavy atom. The number of esters is 1. The van der Waals surface area contributed by atoms with Gasteiger partial charge in [0.2, 0.25) is 0 Å². The molecule has 0 aromatic carbocycles. The van der Waals surface area contributed by atoms with Gasteiger partial charge in [0.25, 0.3) is 5.91 Å². The molecule has 0 atom stereocenters.